The van der Waals surface area contributed by atoms with Crippen molar-refractivity contribution in [3.05, 3.63) is 35.7 Å². The lowest BCUT2D eigenvalue weighted by atomic mass is 10.4. The number of amides is 1. The Balaban J connectivity index is 1.80. The number of hydrogen-bond donors (Lipinski definition) is 1. The molecule has 0 saturated carbocycles. The van der Waals surface area contributed by atoms with E-state index in [4.69, 9.17) is 21.1 Å². The Morgan fingerprint density at radius 1 is 1.15 bits per heavy atom. The molecule has 1 aliphatic heterocycles. The van der Waals surface area contributed by atoms with Crippen molar-refractivity contribution in [3.63, 3.8) is 0 Å². The number of fused-ring (bicyclic) bond motifs is 1. The van der Waals surface area contributed by atoms with E-state index in [1.54, 1.807) is 12.1 Å². The van der Waals surface area contributed by atoms with Crippen molar-refractivity contribution in [2.24, 2.45) is 0 Å². The number of carbonyl (C=O) groups excluding carboxylic acids is 1. The largest absolute Gasteiger partial charge is 0.493 e. The summed E-state index contributed by atoms with van der Waals surface area (Å²) in [5.74, 6) is 0.126. The zero-order valence-corrected chi connectivity index (χ0v) is 14.3. The molecule has 0 aromatic carbocycles. The number of morpholine rings is 1. The van der Waals surface area contributed by atoms with Crippen LogP contribution < -0.4 is 4.74 Å². The molecular weight excluding hydrogens is 362 g/mol. The molecule has 4 rings (SSSR count). The summed E-state index contributed by atoms with van der Waals surface area (Å²) in [4.78, 5) is 26.5. The molecule has 3 aromatic rings. The number of pyridine rings is 1. The highest BCUT2D eigenvalue weighted by Gasteiger charge is 2.27. The summed E-state index contributed by atoms with van der Waals surface area (Å²) in [6, 6.07) is 3.20. The van der Waals surface area contributed by atoms with Gasteiger partial charge < -0.3 is 19.5 Å². The van der Waals surface area contributed by atoms with Gasteiger partial charge in [0.2, 0.25) is 11.8 Å². The topological polar surface area (TPSA) is 103 Å². The van der Waals surface area contributed by atoms with Crippen LogP contribution >= 0.6 is 11.6 Å². The van der Waals surface area contributed by atoms with Crippen LogP contribution in [0.3, 0.4) is 0 Å². The zero-order chi connectivity index (χ0) is 18.1. The minimum absolute atomic E-state index is 0.0388. The predicted molar refractivity (Wildman–Crippen MR) is 91.8 cm³/mol. The second-order valence-corrected chi connectivity index (χ2v) is 5.96. The number of carbonyl (C=O) groups is 1. The Bertz CT molecular complexity index is 953. The zero-order valence-electron chi connectivity index (χ0n) is 13.5. The molecule has 1 fully saturated rings. The van der Waals surface area contributed by atoms with E-state index in [2.05, 4.69) is 15.0 Å². The maximum Gasteiger partial charge on any atom is 0.416 e. The van der Waals surface area contributed by atoms with Crippen molar-refractivity contribution in [3.8, 4) is 17.6 Å². The van der Waals surface area contributed by atoms with Crippen LogP contribution in [0.5, 0.6) is 11.8 Å². The van der Waals surface area contributed by atoms with Gasteiger partial charge >= 0.3 is 6.09 Å². The van der Waals surface area contributed by atoms with Crippen LogP contribution in [0.2, 0.25) is 5.02 Å². The van der Waals surface area contributed by atoms with Crippen molar-refractivity contribution in [2.45, 2.75) is 0 Å². The van der Waals surface area contributed by atoms with Gasteiger partial charge in [-0.05, 0) is 12.1 Å². The van der Waals surface area contributed by atoms with Gasteiger partial charge in [0.15, 0.2) is 11.0 Å². The molecule has 0 unspecified atom stereocenters. The molecule has 9 nitrogen and oxygen atoms in total. The van der Waals surface area contributed by atoms with E-state index in [1.807, 2.05) is 0 Å². The normalized spacial score (nSPS) is 14.6. The highest BCUT2D eigenvalue weighted by atomic mass is 35.5. The lowest BCUT2D eigenvalue weighted by molar-refractivity contribution is 0.0411. The summed E-state index contributed by atoms with van der Waals surface area (Å²) in [5.41, 5.74) is 0.456. The van der Waals surface area contributed by atoms with Gasteiger partial charge in [-0.2, -0.15) is 0 Å². The molecule has 0 bridgehead atoms. The number of halogens is 1. The lowest BCUT2D eigenvalue weighted by Gasteiger charge is -2.25. The average molecular weight is 376 g/mol. The maximum atomic E-state index is 12.5. The Labute approximate surface area is 152 Å². The fraction of sp³-hybridized carbons (Fsp3) is 0.250. The maximum absolute atomic E-state index is 12.5. The summed E-state index contributed by atoms with van der Waals surface area (Å²) in [6.45, 7) is 1.74. The number of ether oxygens (including phenoxy) is 2. The second-order valence-electron chi connectivity index (χ2n) is 5.52. The van der Waals surface area contributed by atoms with Crippen LogP contribution in [0.25, 0.3) is 16.9 Å². The third-order valence-electron chi connectivity index (χ3n) is 3.92. The van der Waals surface area contributed by atoms with E-state index in [-0.39, 0.29) is 22.8 Å². The van der Waals surface area contributed by atoms with E-state index >= 15 is 0 Å². The standard InChI is InChI=1S/C16H14ClN5O4/c17-10-1-2-11(20-9-10)22-14(23)12-13(19-4-3-18-12)15(22)26-16(24)21-5-7-25-8-6-21/h1-4,9,23H,5-8H2. The third kappa shape index (κ3) is 2.91. The van der Waals surface area contributed by atoms with E-state index in [0.717, 1.165) is 0 Å². The number of nitrogens with zero attached hydrogens (tertiary/aromatic N) is 5. The molecule has 1 saturated heterocycles. The van der Waals surface area contributed by atoms with Crippen LogP contribution in [0.15, 0.2) is 30.7 Å². The Morgan fingerprint density at radius 3 is 2.58 bits per heavy atom. The summed E-state index contributed by atoms with van der Waals surface area (Å²) in [5, 5.41) is 11.0. The first kappa shape index (κ1) is 16.6. The van der Waals surface area contributed by atoms with Crippen LogP contribution in [0, 0.1) is 0 Å². The highest BCUT2D eigenvalue weighted by Crippen LogP contribution is 2.37. The van der Waals surface area contributed by atoms with Gasteiger partial charge in [0.25, 0.3) is 0 Å². The summed E-state index contributed by atoms with van der Waals surface area (Å²) < 4.78 is 12.1. The molecule has 0 radical (unpaired) electrons. The molecule has 10 heteroatoms. The molecule has 0 aliphatic carbocycles. The van der Waals surface area contributed by atoms with Crippen molar-refractivity contribution >= 4 is 28.7 Å². The van der Waals surface area contributed by atoms with E-state index in [0.29, 0.717) is 37.1 Å². The first-order valence-corrected chi connectivity index (χ1v) is 8.24. The quantitative estimate of drug-likeness (QED) is 0.730. The van der Waals surface area contributed by atoms with Gasteiger partial charge in [-0.3, -0.25) is 0 Å². The molecule has 1 N–H and O–H groups in total. The predicted octanol–water partition coefficient (Wildman–Crippen LogP) is 2.01. The number of aromatic nitrogens is 4. The molecule has 1 aliphatic rings. The Morgan fingerprint density at radius 2 is 1.88 bits per heavy atom. The SMILES string of the molecule is O=C(Oc1c2nccnc2c(O)n1-c1ccc(Cl)cn1)N1CCOCC1. The summed E-state index contributed by atoms with van der Waals surface area (Å²) in [6.07, 6.45) is 3.76. The Kier molecular flexibility index (Phi) is 4.31. The van der Waals surface area contributed by atoms with E-state index < -0.39 is 6.09 Å². The van der Waals surface area contributed by atoms with Crippen LogP contribution in [0.1, 0.15) is 0 Å². The lowest BCUT2D eigenvalue weighted by Crippen LogP contribution is -2.42. The number of hydrogen-bond acceptors (Lipinski definition) is 7. The smallest absolute Gasteiger partial charge is 0.416 e. The Hall–Kier alpha value is -2.91. The van der Waals surface area contributed by atoms with Gasteiger partial charge in [-0.15, -0.1) is 0 Å². The fourth-order valence-electron chi connectivity index (χ4n) is 2.67. The van der Waals surface area contributed by atoms with Gasteiger partial charge in [0, 0.05) is 31.7 Å². The van der Waals surface area contributed by atoms with Gasteiger partial charge in [0.05, 0.1) is 18.2 Å². The molecule has 1 amide bonds. The number of rotatable bonds is 2. The fourth-order valence-corrected chi connectivity index (χ4v) is 2.78. The summed E-state index contributed by atoms with van der Waals surface area (Å²) >= 11 is 5.88. The van der Waals surface area contributed by atoms with Crippen LogP contribution in [-0.2, 0) is 4.74 Å². The van der Waals surface area contributed by atoms with Gasteiger partial charge in [-0.25, -0.2) is 24.3 Å². The van der Waals surface area contributed by atoms with Crippen LogP contribution in [0.4, 0.5) is 4.79 Å². The molecule has 134 valence electrons. The summed E-state index contributed by atoms with van der Waals surface area (Å²) in [7, 11) is 0. The minimum Gasteiger partial charge on any atom is -0.493 e. The molecule has 3 aromatic heterocycles. The van der Waals surface area contributed by atoms with Gasteiger partial charge in [-0.1, -0.05) is 11.6 Å². The highest BCUT2D eigenvalue weighted by molar-refractivity contribution is 6.30. The van der Waals surface area contributed by atoms with E-state index in [9.17, 15) is 9.90 Å². The van der Waals surface area contributed by atoms with Crippen LogP contribution in [-0.4, -0.2) is 61.9 Å². The first-order valence-electron chi connectivity index (χ1n) is 7.86. The van der Waals surface area contributed by atoms with Crippen molar-refractivity contribution in [1.29, 1.82) is 0 Å². The number of aromatic hydroxyl groups is 1. The van der Waals surface area contributed by atoms with Crippen molar-refractivity contribution < 1.29 is 19.4 Å². The second kappa shape index (κ2) is 6.77. The molecular formula is C16H14ClN5O4. The third-order valence-corrected chi connectivity index (χ3v) is 4.15. The first-order chi connectivity index (χ1) is 12.6. The van der Waals surface area contributed by atoms with E-state index in [1.165, 1.54) is 28.1 Å². The average Bonchev–Trinajstić information content (AvgIpc) is 2.95. The monoisotopic (exact) mass is 375 g/mol. The molecule has 4 heterocycles. The molecule has 0 atom stereocenters. The van der Waals surface area contributed by atoms with Crippen molar-refractivity contribution in [2.75, 3.05) is 26.3 Å². The molecule has 0 spiro atoms. The van der Waals surface area contributed by atoms with Crippen molar-refractivity contribution in [1.82, 2.24) is 24.4 Å². The minimum atomic E-state index is -0.562. The van der Waals surface area contributed by atoms with Gasteiger partial charge in [0.1, 0.15) is 5.82 Å². The molecule has 26 heavy (non-hydrogen) atoms.